The van der Waals surface area contributed by atoms with Gasteiger partial charge in [-0.15, -0.1) is 16.9 Å². The standard InChI is InChI=1S/C14H12N4OS2/c19-12-5-7-15-14-18(12)17-13(21-14)16-10-6-8-20-11-4-2-1-3-9(10)11/h1-5,7,10H,6,8H2,(H,16,17). The van der Waals surface area contributed by atoms with E-state index in [9.17, 15) is 4.79 Å². The predicted molar refractivity (Wildman–Crippen MR) is 85.3 cm³/mol. The lowest BCUT2D eigenvalue weighted by molar-refractivity contribution is 0.722. The molecule has 3 heterocycles. The van der Waals surface area contributed by atoms with E-state index in [4.69, 9.17) is 0 Å². The molecule has 3 aromatic rings. The van der Waals surface area contributed by atoms with Gasteiger partial charge in [-0.05, 0) is 18.1 Å². The Kier molecular flexibility index (Phi) is 3.16. The fourth-order valence-corrected chi connectivity index (χ4v) is 4.40. The largest absolute Gasteiger partial charge is 0.353 e. The number of rotatable bonds is 2. The third kappa shape index (κ3) is 2.32. The van der Waals surface area contributed by atoms with Crippen LogP contribution in [-0.4, -0.2) is 20.4 Å². The van der Waals surface area contributed by atoms with E-state index in [0.717, 1.165) is 17.3 Å². The number of thioether (sulfide) groups is 1. The summed E-state index contributed by atoms with van der Waals surface area (Å²) in [6, 6.07) is 10.1. The Morgan fingerprint density at radius 1 is 1.29 bits per heavy atom. The van der Waals surface area contributed by atoms with E-state index in [2.05, 4.69) is 39.7 Å². The van der Waals surface area contributed by atoms with Crippen LogP contribution < -0.4 is 10.9 Å². The first kappa shape index (κ1) is 12.8. The zero-order valence-electron chi connectivity index (χ0n) is 11.0. The zero-order valence-corrected chi connectivity index (χ0v) is 12.7. The molecule has 21 heavy (non-hydrogen) atoms. The van der Waals surface area contributed by atoms with Crippen molar-refractivity contribution in [3.8, 4) is 0 Å². The summed E-state index contributed by atoms with van der Waals surface area (Å²) in [6.45, 7) is 0. The smallest absolute Gasteiger partial charge is 0.275 e. The van der Waals surface area contributed by atoms with Crippen LogP contribution in [0, 0.1) is 0 Å². The Labute approximate surface area is 129 Å². The molecule has 106 valence electrons. The first-order chi connectivity index (χ1) is 10.3. The molecule has 1 aliphatic heterocycles. The van der Waals surface area contributed by atoms with E-state index in [1.54, 1.807) is 0 Å². The highest BCUT2D eigenvalue weighted by molar-refractivity contribution is 7.99. The second-order valence-electron chi connectivity index (χ2n) is 4.76. The summed E-state index contributed by atoms with van der Waals surface area (Å²) in [5.41, 5.74) is 1.15. The van der Waals surface area contributed by atoms with Crippen molar-refractivity contribution in [3.63, 3.8) is 0 Å². The van der Waals surface area contributed by atoms with Crippen LogP contribution in [0.2, 0.25) is 0 Å². The molecular formula is C14H12N4OS2. The summed E-state index contributed by atoms with van der Waals surface area (Å²) in [4.78, 5) is 17.8. The van der Waals surface area contributed by atoms with Crippen LogP contribution in [0.5, 0.6) is 0 Å². The fourth-order valence-electron chi connectivity index (χ4n) is 2.44. The van der Waals surface area contributed by atoms with E-state index in [1.807, 2.05) is 11.8 Å². The SMILES string of the molecule is O=c1ccnc2sc(NC3CCSc4ccccc43)nn12. The third-order valence-corrected chi connectivity index (χ3v) is 5.40. The van der Waals surface area contributed by atoms with Crippen molar-refractivity contribution in [2.45, 2.75) is 17.4 Å². The van der Waals surface area contributed by atoms with E-state index in [-0.39, 0.29) is 11.6 Å². The summed E-state index contributed by atoms with van der Waals surface area (Å²) in [5.74, 6) is 1.08. The van der Waals surface area contributed by atoms with E-state index in [0.29, 0.717) is 4.96 Å². The molecule has 0 saturated carbocycles. The van der Waals surface area contributed by atoms with Crippen molar-refractivity contribution in [1.82, 2.24) is 14.6 Å². The summed E-state index contributed by atoms with van der Waals surface area (Å²) >= 11 is 3.29. The zero-order chi connectivity index (χ0) is 14.2. The number of benzene rings is 1. The minimum absolute atomic E-state index is 0.149. The second-order valence-corrected chi connectivity index (χ2v) is 6.85. The molecule has 0 fully saturated rings. The van der Waals surface area contributed by atoms with Gasteiger partial charge in [0.2, 0.25) is 10.1 Å². The normalized spacial score (nSPS) is 17.6. The van der Waals surface area contributed by atoms with Crippen molar-refractivity contribution in [3.05, 3.63) is 52.4 Å². The molecule has 5 nitrogen and oxygen atoms in total. The number of hydrogen-bond donors (Lipinski definition) is 1. The molecular weight excluding hydrogens is 304 g/mol. The van der Waals surface area contributed by atoms with E-state index >= 15 is 0 Å². The van der Waals surface area contributed by atoms with Crippen molar-refractivity contribution >= 4 is 33.2 Å². The highest BCUT2D eigenvalue weighted by Gasteiger charge is 2.21. The molecule has 1 N–H and O–H groups in total. The van der Waals surface area contributed by atoms with Crippen LogP contribution in [0.15, 0.2) is 46.2 Å². The minimum Gasteiger partial charge on any atom is -0.353 e. The number of aromatic nitrogens is 3. The van der Waals surface area contributed by atoms with Crippen LogP contribution in [0.25, 0.3) is 4.96 Å². The molecule has 2 aromatic heterocycles. The van der Waals surface area contributed by atoms with Crippen molar-refractivity contribution in [2.75, 3.05) is 11.1 Å². The van der Waals surface area contributed by atoms with Crippen LogP contribution in [0.1, 0.15) is 18.0 Å². The second kappa shape index (κ2) is 5.16. The van der Waals surface area contributed by atoms with E-state index in [1.165, 1.54) is 38.6 Å². The number of anilines is 1. The van der Waals surface area contributed by atoms with Crippen molar-refractivity contribution in [1.29, 1.82) is 0 Å². The lowest BCUT2D eigenvalue weighted by atomic mass is 10.0. The van der Waals surface area contributed by atoms with Crippen LogP contribution in [0.3, 0.4) is 0 Å². The van der Waals surface area contributed by atoms with Gasteiger partial charge in [-0.3, -0.25) is 4.79 Å². The van der Waals surface area contributed by atoms with Gasteiger partial charge in [-0.2, -0.15) is 4.52 Å². The molecule has 1 aliphatic rings. The number of nitrogens with one attached hydrogen (secondary N) is 1. The first-order valence-electron chi connectivity index (χ1n) is 6.64. The topological polar surface area (TPSA) is 59.3 Å². The van der Waals surface area contributed by atoms with Crippen LogP contribution >= 0.6 is 23.1 Å². The lowest BCUT2D eigenvalue weighted by Gasteiger charge is -2.25. The Balaban J connectivity index is 1.69. The molecule has 1 aromatic carbocycles. The lowest BCUT2D eigenvalue weighted by Crippen LogP contribution is -2.17. The Morgan fingerprint density at radius 2 is 2.19 bits per heavy atom. The minimum atomic E-state index is -0.149. The Morgan fingerprint density at radius 3 is 3.10 bits per heavy atom. The third-order valence-electron chi connectivity index (χ3n) is 3.43. The maximum absolute atomic E-state index is 11.7. The van der Waals surface area contributed by atoms with Gasteiger partial charge in [0, 0.05) is 22.9 Å². The average Bonchev–Trinajstić information content (AvgIpc) is 2.92. The van der Waals surface area contributed by atoms with Gasteiger partial charge in [0.05, 0.1) is 6.04 Å². The predicted octanol–water partition coefficient (Wildman–Crippen LogP) is 2.80. The maximum atomic E-state index is 11.7. The van der Waals surface area contributed by atoms with Gasteiger partial charge in [0.15, 0.2) is 0 Å². The molecule has 7 heteroatoms. The number of fused-ring (bicyclic) bond motifs is 2. The van der Waals surface area contributed by atoms with Gasteiger partial charge < -0.3 is 5.32 Å². The van der Waals surface area contributed by atoms with E-state index < -0.39 is 0 Å². The van der Waals surface area contributed by atoms with Crippen LogP contribution in [0.4, 0.5) is 5.13 Å². The summed E-state index contributed by atoms with van der Waals surface area (Å²) < 4.78 is 1.34. The fraction of sp³-hybridized carbons (Fsp3) is 0.214. The molecule has 0 radical (unpaired) electrons. The van der Waals surface area contributed by atoms with Gasteiger partial charge in [-0.1, -0.05) is 29.5 Å². The quantitative estimate of drug-likeness (QED) is 0.788. The average molecular weight is 316 g/mol. The van der Waals surface area contributed by atoms with Gasteiger partial charge >= 0.3 is 0 Å². The molecule has 0 saturated heterocycles. The van der Waals surface area contributed by atoms with Gasteiger partial charge in [-0.25, -0.2) is 4.98 Å². The molecule has 0 aliphatic carbocycles. The molecule has 0 amide bonds. The molecule has 4 rings (SSSR count). The highest BCUT2D eigenvalue weighted by Crippen LogP contribution is 2.38. The van der Waals surface area contributed by atoms with Crippen molar-refractivity contribution in [2.24, 2.45) is 0 Å². The van der Waals surface area contributed by atoms with Crippen molar-refractivity contribution < 1.29 is 0 Å². The molecule has 1 atom stereocenters. The molecule has 0 spiro atoms. The molecule has 1 unspecified atom stereocenters. The van der Waals surface area contributed by atoms with Gasteiger partial charge in [0.1, 0.15) is 0 Å². The Hall–Kier alpha value is -1.86. The van der Waals surface area contributed by atoms with Gasteiger partial charge in [0.25, 0.3) is 5.56 Å². The summed E-state index contributed by atoms with van der Waals surface area (Å²) in [6.07, 6.45) is 2.56. The van der Waals surface area contributed by atoms with Crippen LogP contribution in [-0.2, 0) is 0 Å². The maximum Gasteiger partial charge on any atom is 0.275 e. The number of nitrogens with zero attached hydrogens (tertiary/aromatic N) is 3. The monoisotopic (exact) mass is 316 g/mol. The Bertz CT molecular complexity index is 857. The highest BCUT2D eigenvalue weighted by atomic mass is 32.2. The summed E-state index contributed by atoms with van der Waals surface area (Å²) in [5, 5.41) is 8.50. The molecule has 0 bridgehead atoms. The first-order valence-corrected chi connectivity index (χ1v) is 8.44. The number of hydrogen-bond acceptors (Lipinski definition) is 6. The summed E-state index contributed by atoms with van der Waals surface area (Å²) in [7, 11) is 0.